The number of hydrogen-bond donors (Lipinski definition) is 1. The van der Waals surface area contributed by atoms with Crippen molar-refractivity contribution in [3.63, 3.8) is 0 Å². The molecule has 0 saturated carbocycles. The molecule has 1 aliphatic carbocycles. The summed E-state index contributed by atoms with van der Waals surface area (Å²) in [5.41, 5.74) is 2.76. The molecule has 1 atom stereocenters. The Morgan fingerprint density at radius 1 is 1.41 bits per heavy atom. The van der Waals surface area contributed by atoms with Crippen molar-refractivity contribution in [2.24, 2.45) is 0 Å². The second-order valence-corrected chi connectivity index (χ2v) is 5.51. The molecule has 2 rings (SSSR count). The first-order chi connectivity index (χ1) is 8.17. The average molecular weight is 253 g/mol. The number of nitrogens with one attached hydrogen (secondary N) is 1. The van der Waals surface area contributed by atoms with Crippen molar-refractivity contribution in [3.8, 4) is 0 Å². The summed E-state index contributed by atoms with van der Waals surface area (Å²) in [5, 5.41) is 3.54. The molecule has 94 valence electrons. The number of anilines is 1. The fourth-order valence-electron chi connectivity index (χ4n) is 2.34. The highest BCUT2D eigenvalue weighted by Crippen LogP contribution is 2.25. The summed E-state index contributed by atoms with van der Waals surface area (Å²) in [6.07, 6.45) is 5.58. The molecule has 17 heavy (non-hydrogen) atoms. The topological polar surface area (TPSA) is 24.9 Å². The Morgan fingerprint density at radius 2 is 2.24 bits per heavy atom. The average Bonchev–Trinajstić information content (AvgIpc) is 2.76. The van der Waals surface area contributed by atoms with Gasteiger partial charge in [0.05, 0.1) is 0 Å². The van der Waals surface area contributed by atoms with E-state index in [9.17, 15) is 0 Å². The normalized spacial score (nSPS) is 17.6. The highest BCUT2D eigenvalue weighted by atomic mass is 35.5. The van der Waals surface area contributed by atoms with E-state index in [0.29, 0.717) is 5.88 Å². The zero-order valence-electron chi connectivity index (χ0n) is 10.7. The van der Waals surface area contributed by atoms with Crippen molar-refractivity contribution in [3.05, 3.63) is 23.4 Å². The summed E-state index contributed by atoms with van der Waals surface area (Å²) in [6.45, 7) is 4.40. The number of fused-ring (bicyclic) bond motifs is 1. The number of alkyl halides is 1. The molecule has 0 aliphatic heterocycles. The van der Waals surface area contributed by atoms with Crippen LogP contribution >= 0.6 is 11.6 Å². The Hall–Kier alpha value is -0.760. The first-order valence-corrected chi connectivity index (χ1v) is 7.03. The summed E-state index contributed by atoms with van der Waals surface area (Å²) < 4.78 is 0. The van der Waals surface area contributed by atoms with Crippen LogP contribution in [0.2, 0.25) is 0 Å². The van der Waals surface area contributed by atoms with Gasteiger partial charge in [-0.2, -0.15) is 0 Å². The highest BCUT2D eigenvalue weighted by molar-refractivity contribution is 6.17. The quantitative estimate of drug-likeness (QED) is 0.807. The van der Waals surface area contributed by atoms with Gasteiger partial charge >= 0.3 is 0 Å². The van der Waals surface area contributed by atoms with E-state index in [4.69, 9.17) is 16.6 Å². The van der Waals surface area contributed by atoms with Gasteiger partial charge in [-0.1, -0.05) is 13.0 Å². The third kappa shape index (κ3) is 2.92. The molecule has 0 saturated heterocycles. The lowest BCUT2D eigenvalue weighted by Gasteiger charge is -2.29. The maximum absolute atomic E-state index is 5.86. The first-order valence-electron chi connectivity index (χ1n) is 6.50. The summed E-state index contributed by atoms with van der Waals surface area (Å²) in [6, 6.07) is 4.32. The molecular weight excluding hydrogens is 232 g/mol. The van der Waals surface area contributed by atoms with E-state index in [2.05, 4.69) is 31.3 Å². The van der Waals surface area contributed by atoms with Crippen LogP contribution in [0.1, 0.15) is 44.4 Å². The van der Waals surface area contributed by atoms with Crippen molar-refractivity contribution in [1.82, 2.24) is 4.98 Å². The van der Waals surface area contributed by atoms with Gasteiger partial charge in [-0.3, -0.25) is 0 Å². The molecule has 0 amide bonds. The second-order valence-electron chi connectivity index (χ2n) is 5.13. The summed E-state index contributed by atoms with van der Waals surface area (Å²) in [4.78, 5) is 4.71. The van der Waals surface area contributed by atoms with Crippen LogP contribution < -0.4 is 5.32 Å². The Bertz CT molecular complexity index is 392. The molecular formula is C14H21ClN2. The standard InChI is InChI=1S/C14H21ClN2/c1-3-14(2,9-10-15)17-13-8-7-11-5-4-6-12(11)16-13/h7-8H,3-6,9-10H2,1-2H3,(H,16,17). The first kappa shape index (κ1) is 12.7. The van der Waals surface area contributed by atoms with E-state index in [-0.39, 0.29) is 5.54 Å². The van der Waals surface area contributed by atoms with Crippen LogP contribution in [-0.2, 0) is 12.8 Å². The highest BCUT2D eigenvalue weighted by Gasteiger charge is 2.22. The summed E-state index contributed by atoms with van der Waals surface area (Å²) >= 11 is 5.86. The SMILES string of the molecule is CCC(C)(CCCl)Nc1ccc2c(n1)CCC2. The molecule has 1 heterocycles. The van der Waals surface area contributed by atoms with Gasteiger partial charge in [-0.05, 0) is 50.7 Å². The molecule has 1 aromatic heterocycles. The van der Waals surface area contributed by atoms with Crippen LogP contribution in [0.25, 0.3) is 0 Å². The van der Waals surface area contributed by atoms with Gasteiger partial charge in [-0.25, -0.2) is 4.98 Å². The molecule has 1 aromatic rings. The molecule has 0 spiro atoms. The van der Waals surface area contributed by atoms with Crippen molar-refractivity contribution >= 4 is 17.4 Å². The van der Waals surface area contributed by atoms with Gasteiger partial charge in [0.1, 0.15) is 5.82 Å². The van der Waals surface area contributed by atoms with Crippen LogP contribution in [0, 0.1) is 0 Å². The predicted molar refractivity (Wildman–Crippen MR) is 73.9 cm³/mol. The monoisotopic (exact) mass is 252 g/mol. The predicted octanol–water partition coefficient (Wildman–Crippen LogP) is 3.78. The Kier molecular flexibility index (Phi) is 3.93. The van der Waals surface area contributed by atoms with E-state index in [1.165, 1.54) is 24.1 Å². The lowest BCUT2D eigenvalue weighted by Crippen LogP contribution is -2.34. The molecule has 0 aromatic carbocycles. The fourth-order valence-corrected chi connectivity index (χ4v) is 2.75. The maximum atomic E-state index is 5.86. The van der Waals surface area contributed by atoms with Crippen molar-refractivity contribution < 1.29 is 0 Å². The van der Waals surface area contributed by atoms with Gasteiger partial charge in [0.2, 0.25) is 0 Å². The van der Waals surface area contributed by atoms with Crippen molar-refractivity contribution in [2.75, 3.05) is 11.2 Å². The maximum Gasteiger partial charge on any atom is 0.126 e. The van der Waals surface area contributed by atoms with Crippen molar-refractivity contribution in [2.45, 2.75) is 51.5 Å². The number of nitrogens with zero attached hydrogens (tertiary/aromatic N) is 1. The summed E-state index contributed by atoms with van der Waals surface area (Å²) in [7, 11) is 0. The molecule has 0 radical (unpaired) electrons. The second kappa shape index (κ2) is 5.26. The Labute approximate surface area is 109 Å². The van der Waals surface area contributed by atoms with Crippen LogP contribution in [0.5, 0.6) is 0 Å². The minimum Gasteiger partial charge on any atom is -0.365 e. The van der Waals surface area contributed by atoms with Gasteiger partial charge < -0.3 is 5.32 Å². The number of pyridine rings is 1. The van der Waals surface area contributed by atoms with Crippen LogP contribution in [0.4, 0.5) is 5.82 Å². The number of aryl methyl sites for hydroxylation is 2. The van der Waals surface area contributed by atoms with Crippen LogP contribution in [0.3, 0.4) is 0 Å². The van der Waals surface area contributed by atoms with E-state index in [1.54, 1.807) is 0 Å². The Balaban J connectivity index is 2.12. The van der Waals surface area contributed by atoms with Gasteiger partial charge in [0.15, 0.2) is 0 Å². The molecule has 0 bridgehead atoms. The van der Waals surface area contributed by atoms with Gasteiger partial charge in [0, 0.05) is 17.1 Å². The third-order valence-electron chi connectivity index (χ3n) is 3.78. The lowest BCUT2D eigenvalue weighted by atomic mass is 9.95. The van der Waals surface area contributed by atoms with Crippen LogP contribution in [-0.4, -0.2) is 16.4 Å². The van der Waals surface area contributed by atoms with E-state index in [1.807, 2.05) is 0 Å². The van der Waals surface area contributed by atoms with E-state index >= 15 is 0 Å². The van der Waals surface area contributed by atoms with Crippen LogP contribution in [0.15, 0.2) is 12.1 Å². The largest absolute Gasteiger partial charge is 0.365 e. The molecule has 1 N–H and O–H groups in total. The van der Waals surface area contributed by atoms with E-state index in [0.717, 1.165) is 25.1 Å². The zero-order valence-corrected chi connectivity index (χ0v) is 11.5. The molecule has 0 fully saturated rings. The van der Waals surface area contributed by atoms with Crippen molar-refractivity contribution in [1.29, 1.82) is 0 Å². The zero-order chi connectivity index (χ0) is 12.3. The molecule has 1 unspecified atom stereocenters. The minimum atomic E-state index is 0.0571. The van der Waals surface area contributed by atoms with Gasteiger partial charge in [-0.15, -0.1) is 11.6 Å². The number of aromatic nitrogens is 1. The smallest absolute Gasteiger partial charge is 0.126 e. The Morgan fingerprint density at radius 3 is 2.94 bits per heavy atom. The molecule has 1 aliphatic rings. The summed E-state index contributed by atoms with van der Waals surface area (Å²) in [5.74, 6) is 1.68. The van der Waals surface area contributed by atoms with Gasteiger partial charge in [0.25, 0.3) is 0 Å². The lowest BCUT2D eigenvalue weighted by molar-refractivity contribution is 0.479. The number of halogens is 1. The fraction of sp³-hybridized carbons (Fsp3) is 0.643. The number of rotatable bonds is 5. The van der Waals surface area contributed by atoms with E-state index < -0.39 is 0 Å². The minimum absolute atomic E-state index is 0.0571. The number of hydrogen-bond acceptors (Lipinski definition) is 2. The molecule has 3 heteroatoms. The molecule has 2 nitrogen and oxygen atoms in total. The third-order valence-corrected chi connectivity index (χ3v) is 3.97.